The molecule has 0 aliphatic heterocycles. The Bertz CT molecular complexity index is 2430. The summed E-state index contributed by atoms with van der Waals surface area (Å²) in [5.74, 6) is 0.711. The van der Waals surface area contributed by atoms with Crippen molar-refractivity contribution in [2.75, 3.05) is 0 Å². The van der Waals surface area contributed by atoms with Crippen LogP contribution in [0.2, 0.25) is 0 Å². The van der Waals surface area contributed by atoms with E-state index in [9.17, 15) is 0 Å². The van der Waals surface area contributed by atoms with Gasteiger partial charge in [0.05, 0.1) is 39.6 Å². The largest absolute Gasteiger partial charge is 0.309 e. The van der Waals surface area contributed by atoms with Gasteiger partial charge in [-0.3, -0.25) is 0 Å². The molecule has 0 fully saturated rings. The molecule has 0 saturated heterocycles. The van der Waals surface area contributed by atoms with E-state index in [4.69, 9.17) is 9.97 Å². The quantitative estimate of drug-likeness (QED) is 0.214. The van der Waals surface area contributed by atoms with Crippen LogP contribution in [-0.4, -0.2) is 19.1 Å². The van der Waals surface area contributed by atoms with Crippen LogP contribution in [0, 0.1) is 0 Å². The highest BCUT2D eigenvalue weighted by Gasteiger charge is 2.20. The van der Waals surface area contributed by atoms with E-state index < -0.39 is 0 Å². The van der Waals surface area contributed by atoms with E-state index in [0.29, 0.717) is 5.82 Å². The summed E-state index contributed by atoms with van der Waals surface area (Å²) in [6.45, 7) is 0. The number of hydrogen-bond donors (Lipinski definition) is 0. The average molecular weight is 563 g/mol. The second-order valence-electron chi connectivity index (χ2n) is 11.1. The van der Waals surface area contributed by atoms with E-state index in [1.165, 1.54) is 32.6 Å². The minimum atomic E-state index is 0.711. The molecule has 44 heavy (non-hydrogen) atoms. The van der Waals surface area contributed by atoms with Crippen molar-refractivity contribution >= 4 is 43.6 Å². The number of nitrogens with zero attached hydrogens (tertiary/aromatic N) is 4. The monoisotopic (exact) mass is 562 g/mol. The van der Waals surface area contributed by atoms with Crippen LogP contribution in [0.1, 0.15) is 0 Å². The Balaban J connectivity index is 1.33. The Labute approximate surface area is 254 Å². The van der Waals surface area contributed by atoms with Crippen molar-refractivity contribution in [1.29, 1.82) is 0 Å². The van der Waals surface area contributed by atoms with Crippen molar-refractivity contribution in [2.24, 2.45) is 0 Å². The summed E-state index contributed by atoms with van der Waals surface area (Å²) in [5, 5.41) is 4.89. The van der Waals surface area contributed by atoms with Gasteiger partial charge in [0.1, 0.15) is 0 Å². The summed E-state index contributed by atoms with van der Waals surface area (Å²) in [6, 6.07) is 53.3. The molecule has 4 nitrogen and oxygen atoms in total. The molecule has 0 atom stereocenters. The molecule has 6 aromatic carbocycles. The molecule has 0 aliphatic carbocycles. The van der Waals surface area contributed by atoms with E-state index in [-0.39, 0.29) is 0 Å². The second kappa shape index (κ2) is 9.79. The molecule has 0 unspecified atom stereocenters. The van der Waals surface area contributed by atoms with E-state index >= 15 is 0 Å². The molecule has 0 amide bonds. The molecular formula is C40H26N4. The number of rotatable bonds is 4. The van der Waals surface area contributed by atoms with Crippen molar-refractivity contribution in [3.8, 4) is 34.0 Å². The Morgan fingerprint density at radius 2 is 0.909 bits per heavy atom. The molecule has 3 aromatic heterocycles. The third kappa shape index (κ3) is 3.71. The standard InChI is InChI=1S/C40H26N4/c1-3-13-27(14-4-1)39-38(26-41-40(42-39)28-15-5-2-6-16-28)44-36-22-12-9-19-32(36)33-25-29(23-24-37(33)44)43-34-20-10-7-17-30(34)31-18-8-11-21-35(31)43/h1-26H. The number of hydrogen-bond acceptors (Lipinski definition) is 2. The lowest BCUT2D eigenvalue weighted by molar-refractivity contribution is 1.09. The Morgan fingerprint density at radius 3 is 1.55 bits per heavy atom. The first-order valence-corrected chi connectivity index (χ1v) is 14.9. The summed E-state index contributed by atoms with van der Waals surface area (Å²) in [6.07, 6.45) is 1.98. The predicted molar refractivity (Wildman–Crippen MR) is 182 cm³/mol. The maximum absolute atomic E-state index is 5.17. The van der Waals surface area contributed by atoms with Crippen LogP contribution in [0.5, 0.6) is 0 Å². The van der Waals surface area contributed by atoms with Crippen LogP contribution >= 0.6 is 0 Å². The minimum absolute atomic E-state index is 0.711. The summed E-state index contributed by atoms with van der Waals surface area (Å²) < 4.78 is 4.70. The van der Waals surface area contributed by atoms with E-state index in [2.05, 4.69) is 137 Å². The molecule has 0 radical (unpaired) electrons. The summed E-state index contributed by atoms with van der Waals surface area (Å²) in [7, 11) is 0. The average Bonchev–Trinajstić information content (AvgIpc) is 3.61. The summed E-state index contributed by atoms with van der Waals surface area (Å²) >= 11 is 0. The highest BCUT2D eigenvalue weighted by Crippen LogP contribution is 2.38. The predicted octanol–water partition coefficient (Wildman–Crippen LogP) is 10.0. The molecule has 3 heterocycles. The van der Waals surface area contributed by atoms with Gasteiger partial charge >= 0.3 is 0 Å². The fourth-order valence-electron chi connectivity index (χ4n) is 6.63. The molecule has 0 saturated carbocycles. The summed E-state index contributed by atoms with van der Waals surface area (Å²) in [5.41, 5.74) is 9.67. The number of para-hydroxylation sites is 3. The normalized spacial score (nSPS) is 11.6. The molecule has 0 N–H and O–H groups in total. The lowest BCUT2D eigenvalue weighted by Gasteiger charge is -2.14. The highest BCUT2D eigenvalue weighted by atomic mass is 15.0. The van der Waals surface area contributed by atoms with Gasteiger partial charge in [-0.25, -0.2) is 9.97 Å². The molecular weight excluding hydrogens is 536 g/mol. The van der Waals surface area contributed by atoms with Crippen LogP contribution in [0.4, 0.5) is 0 Å². The molecule has 0 spiro atoms. The Morgan fingerprint density at radius 1 is 0.409 bits per heavy atom. The smallest absolute Gasteiger partial charge is 0.159 e. The van der Waals surface area contributed by atoms with Gasteiger partial charge in [-0.05, 0) is 36.4 Å². The number of aromatic nitrogens is 4. The molecule has 4 heteroatoms. The lowest BCUT2D eigenvalue weighted by atomic mass is 10.1. The molecule has 9 rings (SSSR count). The van der Waals surface area contributed by atoms with Gasteiger partial charge in [0.2, 0.25) is 0 Å². The maximum Gasteiger partial charge on any atom is 0.159 e. The van der Waals surface area contributed by atoms with Gasteiger partial charge in [-0.15, -0.1) is 0 Å². The Kier molecular flexibility index (Phi) is 5.47. The Hall–Kier alpha value is -6.00. The van der Waals surface area contributed by atoms with Crippen LogP contribution in [0.15, 0.2) is 158 Å². The van der Waals surface area contributed by atoms with Gasteiger partial charge in [-0.1, -0.05) is 115 Å². The van der Waals surface area contributed by atoms with Crippen LogP contribution in [-0.2, 0) is 0 Å². The molecule has 9 aromatic rings. The van der Waals surface area contributed by atoms with Gasteiger partial charge in [0, 0.05) is 38.4 Å². The lowest BCUT2D eigenvalue weighted by Crippen LogP contribution is -2.02. The fraction of sp³-hybridized carbons (Fsp3) is 0. The SMILES string of the molecule is c1ccc(-c2ncc(-n3c4ccccc4c4cc(-n5c6ccccc6c6ccccc65)ccc43)c(-c3ccccc3)n2)cc1. The molecule has 0 aliphatic rings. The topological polar surface area (TPSA) is 35.6 Å². The molecule has 0 bridgehead atoms. The van der Waals surface area contributed by atoms with Crippen LogP contribution in [0.3, 0.4) is 0 Å². The fourth-order valence-corrected chi connectivity index (χ4v) is 6.63. The van der Waals surface area contributed by atoms with Crippen molar-refractivity contribution < 1.29 is 0 Å². The van der Waals surface area contributed by atoms with E-state index in [1.807, 2.05) is 30.5 Å². The zero-order valence-corrected chi connectivity index (χ0v) is 23.8. The molecule has 206 valence electrons. The van der Waals surface area contributed by atoms with E-state index in [1.54, 1.807) is 0 Å². The number of fused-ring (bicyclic) bond motifs is 6. The zero-order valence-electron chi connectivity index (χ0n) is 23.8. The summed E-state index contributed by atoms with van der Waals surface area (Å²) in [4.78, 5) is 10.1. The highest BCUT2D eigenvalue weighted by molar-refractivity contribution is 6.12. The van der Waals surface area contributed by atoms with Crippen molar-refractivity contribution in [2.45, 2.75) is 0 Å². The third-order valence-corrected chi connectivity index (χ3v) is 8.58. The van der Waals surface area contributed by atoms with Crippen molar-refractivity contribution in [3.05, 3.63) is 158 Å². The van der Waals surface area contributed by atoms with Crippen LogP contribution in [0.25, 0.3) is 77.6 Å². The first-order chi connectivity index (χ1) is 21.8. The first kappa shape index (κ1) is 24.6. The second-order valence-corrected chi connectivity index (χ2v) is 11.1. The van der Waals surface area contributed by atoms with E-state index in [0.717, 1.165) is 39.2 Å². The van der Waals surface area contributed by atoms with Gasteiger partial charge in [0.15, 0.2) is 5.82 Å². The van der Waals surface area contributed by atoms with Crippen molar-refractivity contribution in [3.63, 3.8) is 0 Å². The third-order valence-electron chi connectivity index (χ3n) is 8.58. The number of benzene rings is 6. The first-order valence-electron chi connectivity index (χ1n) is 14.9. The van der Waals surface area contributed by atoms with Crippen LogP contribution < -0.4 is 0 Å². The van der Waals surface area contributed by atoms with Gasteiger partial charge in [0.25, 0.3) is 0 Å². The maximum atomic E-state index is 5.17. The minimum Gasteiger partial charge on any atom is -0.309 e. The van der Waals surface area contributed by atoms with Gasteiger partial charge < -0.3 is 9.13 Å². The van der Waals surface area contributed by atoms with Crippen molar-refractivity contribution in [1.82, 2.24) is 19.1 Å². The zero-order chi connectivity index (χ0) is 29.0. The van der Waals surface area contributed by atoms with Gasteiger partial charge in [-0.2, -0.15) is 0 Å².